The Morgan fingerprint density at radius 3 is 2.50 bits per heavy atom. The fraction of sp³-hybridized carbons (Fsp3) is 0.545. The van der Waals surface area contributed by atoms with Crippen molar-refractivity contribution in [2.75, 3.05) is 19.7 Å². The zero-order valence-electron chi connectivity index (χ0n) is 9.87. The smallest absolute Gasteiger partial charge is 0.247 e. The number of aliphatic hydroxyl groups is 1. The Morgan fingerprint density at radius 1 is 1.33 bits per heavy atom. The molecule has 1 aliphatic heterocycles. The van der Waals surface area contributed by atoms with Crippen LogP contribution in [0.3, 0.4) is 0 Å². The predicted octanol–water partition coefficient (Wildman–Crippen LogP) is -0.232. The molecule has 1 saturated heterocycles. The summed E-state index contributed by atoms with van der Waals surface area (Å²) in [5.74, 6) is 0.187. The maximum atomic E-state index is 12.2. The van der Waals surface area contributed by atoms with E-state index in [1.165, 1.54) is 22.6 Å². The first-order valence-corrected chi connectivity index (χ1v) is 7.28. The molecule has 0 radical (unpaired) electrons. The van der Waals surface area contributed by atoms with Crippen molar-refractivity contribution < 1.29 is 13.5 Å². The first-order chi connectivity index (χ1) is 8.54. The molecule has 2 rings (SSSR count). The molecular formula is C11H16N2O4S. The molecule has 6 nitrogen and oxygen atoms in total. The topological polar surface area (TPSA) is 90.5 Å². The lowest BCUT2D eigenvalue weighted by Crippen LogP contribution is -2.39. The van der Waals surface area contributed by atoms with Gasteiger partial charge in [-0.3, -0.25) is 4.79 Å². The number of piperidine rings is 1. The summed E-state index contributed by atoms with van der Waals surface area (Å²) in [6.45, 7) is 0.923. The van der Waals surface area contributed by atoms with Gasteiger partial charge in [-0.05, 0) is 24.8 Å². The molecule has 18 heavy (non-hydrogen) atoms. The van der Waals surface area contributed by atoms with Crippen LogP contribution in [0.2, 0.25) is 0 Å². The quantitative estimate of drug-likeness (QED) is 0.795. The summed E-state index contributed by atoms with van der Waals surface area (Å²) in [5.41, 5.74) is -0.326. The van der Waals surface area contributed by atoms with Crippen molar-refractivity contribution in [3.8, 4) is 0 Å². The minimum atomic E-state index is -3.53. The molecule has 7 heteroatoms. The number of rotatable bonds is 3. The number of pyridine rings is 1. The lowest BCUT2D eigenvalue weighted by Gasteiger charge is -2.30. The highest BCUT2D eigenvalue weighted by Gasteiger charge is 2.29. The Hall–Kier alpha value is -1.18. The molecule has 2 N–H and O–H groups in total. The minimum Gasteiger partial charge on any atom is -0.396 e. The molecule has 1 aromatic rings. The molecule has 0 aromatic carbocycles. The second-order valence-electron chi connectivity index (χ2n) is 4.42. The number of hydrogen-bond donors (Lipinski definition) is 2. The lowest BCUT2D eigenvalue weighted by molar-refractivity contribution is 0.170. The summed E-state index contributed by atoms with van der Waals surface area (Å²) in [4.78, 5) is 13.4. The Labute approximate surface area is 105 Å². The van der Waals surface area contributed by atoms with E-state index in [1.807, 2.05) is 0 Å². The van der Waals surface area contributed by atoms with E-state index in [-0.39, 0.29) is 23.0 Å². The summed E-state index contributed by atoms with van der Waals surface area (Å²) in [6.07, 6.45) is 2.55. The van der Waals surface area contributed by atoms with Gasteiger partial charge in [-0.1, -0.05) is 0 Å². The summed E-state index contributed by atoms with van der Waals surface area (Å²) >= 11 is 0. The summed E-state index contributed by atoms with van der Waals surface area (Å²) in [7, 11) is -3.53. The van der Waals surface area contributed by atoms with Gasteiger partial charge in [-0.25, -0.2) is 8.42 Å². The van der Waals surface area contributed by atoms with Gasteiger partial charge in [-0.2, -0.15) is 4.31 Å². The summed E-state index contributed by atoms with van der Waals surface area (Å²) in [6, 6.07) is 2.51. The first-order valence-electron chi connectivity index (χ1n) is 5.84. The summed E-state index contributed by atoms with van der Waals surface area (Å²) < 4.78 is 25.9. The van der Waals surface area contributed by atoms with Gasteiger partial charge in [0.1, 0.15) is 0 Å². The number of aromatic nitrogens is 1. The highest BCUT2D eigenvalue weighted by molar-refractivity contribution is 7.89. The molecule has 0 bridgehead atoms. The van der Waals surface area contributed by atoms with Crippen molar-refractivity contribution in [3.63, 3.8) is 0 Å². The number of hydrogen-bond acceptors (Lipinski definition) is 4. The Morgan fingerprint density at radius 2 is 2.00 bits per heavy atom. The molecule has 1 fully saturated rings. The number of aromatic amines is 1. The van der Waals surface area contributed by atoms with E-state index in [0.717, 1.165) is 0 Å². The average molecular weight is 272 g/mol. The Kier molecular flexibility index (Phi) is 3.84. The zero-order chi connectivity index (χ0) is 13.2. The molecule has 0 saturated carbocycles. The van der Waals surface area contributed by atoms with Gasteiger partial charge >= 0.3 is 0 Å². The van der Waals surface area contributed by atoms with Crippen molar-refractivity contribution in [2.24, 2.45) is 5.92 Å². The minimum absolute atomic E-state index is 0.101. The fourth-order valence-electron chi connectivity index (χ4n) is 2.04. The molecule has 2 heterocycles. The van der Waals surface area contributed by atoms with Crippen LogP contribution in [0.5, 0.6) is 0 Å². The normalized spacial score (nSPS) is 18.9. The largest absolute Gasteiger partial charge is 0.396 e. The standard InChI is InChI=1S/C11H16N2O4S/c14-8-9-3-5-13(6-4-9)18(16,17)10-1-2-11(15)12-7-10/h1-2,7,9,14H,3-6,8H2,(H,12,15). The van der Waals surface area contributed by atoms with Crippen LogP contribution in [0, 0.1) is 5.92 Å². The third-order valence-electron chi connectivity index (χ3n) is 3.23. The van der Waals surface area contributed by atoms with E-state index in [9.17, 15) is 13.2 Å². The van der Waals surface area contributed by atoms with Crippen LogP contribution in [-0.4, -0.2) is 42.5 Å². The van der Waals surface area contributed by atoms with Crippen LogP contribution >= 0.6 is 0 Å². The fourth-order valence-corrected chi connectivity index (χ4v) is 3.48. The van der Waals surface area contributed by atoms with E-state index in [4.69, 9.17) is 5.11 Å². The molecule has 0 amide bonds. The average Bonchev–Trinajstić information content (AvgIpc) is 2.39. The van der Waals surface area contributed by atoms with Gasteiger partial charge in [0.15, 0.2) is 0 Å². The van der Waals surface area contributed by atoms with Gasteiger partial charge in [0.2, 0.25) is 15.6 Å². The number of nitrogens with one attached hydrogen (secondary N) is 1. The first kappa shape index (κ1) is 13.3. The Balaban J connectivity index is 2.17. The molecule has 1 aromatic heterocycles. The van der Waals surface area contributed by atoms with Crippen LogP contribution in [0.1, 0.15) is 12.8 Å². The highest BCUT2D eigenvalue weighted by Crippen LogP contribution is 2.22. The zero-order valence-corrected chi connectivity index (χ0v) is 10.7. The number of sulfonamides is 1. The van der Waals surface area contributed by atoms with E-state index in [1.54, 1.807) is 0 Å². The van der Waals surface area contributed by atoms with Crippen molar-refractivity contribution in [1.29, 1.82) is 0 Å². The second-order valence-corrected chi connectivity index (χ2v) is 6.36. The maximum absolute atomic E-state index is 12.2. The van der Waals surface area contributed by atoms with E-state index in [0.29, 0.717) is 25.9 Å². The second kappa shape index (κ2) is 5.21. The summed E-state index contributed by atoms with van der Waals surface area (Å²) in [5, 5.41) is 9.02. The molecule has 0 atom stereocenters. The third-order valence-corrected chi connectivity index (χ3v) is 5.12. The van der Waals surface area contributed by atoms with Crippen LogP contribution in [0.25, 0.3) is 0 Å². The molecule has 1 aliphatic rings. The van der Waals surface area contributed by atoms with Crippen LogP contribution in [-0.2, 0) is 10.0 Å². The maximum Gasteiger partial charge on any atom is 0.247 e. The van der Waals surface area contributed by atoms with Crippen molar-refractivity contribution in [2.45, 2.75) is 17.7 Å². The van der Waals surface area contributed by atoms with Crippen molar-refractivity contribution in [1.82, 2.24) is 9.29 Å². The van der Waals surface area contributed by atoms with Crippen LogP contribution in [0.15, 0.2) is 28.0 Å². The van der Waals surface area contributed by atoms with E-state index < -0.39 is 10.0 Å². The number of aliphatic hydroxyl groups excluding tert-OH is 1. The van der Waals surface area contributed by atoms with Gasteiger partial charge in [0.25, 0.3) is 0 Å². The predicted molar refractivity (Wildman–Crippen MR) is 65.6 cm³/mol. The van der Waals surface area contributed by atoms with Crippen molar-refractivity contribution >= 4 is 10.0 Å². The molecule has 0 aliphatic carbocycles. The molecule has 0 unspecified atom stereocenters. The third kappa shape index (κ3) is 2.63. The number of nitrogens with zero attached hydrogens (tertiary/aromatic N) is 1. The number of H-pyrrole nitrogens is 1. The van der Waals surface area contributed by atoms with Crippen LogP contribution < -0.4 is 5.56 Å². The van der Waals surface area contributed by atoms with Gasteiger partial charge in [-0.15, -0.1) is 0 Å². The molecular weight excluding hydrogens is 256 g/mol. The highest BCUT2D eigenvalue weighted by atomic mass is 32.2. The lowest BCUT2D eigenvalue weighted by atomic mass is 10.00. The van der Waals surface area contributed by atoms with E-state index in [2.05, 4.69) is 4.98 Å². The molecule has 100 valence electrons. The SMILES string of the molecule is O=c1ccc(S(=O)(=O)N2CCC(CO)CC2)c[nH]1. The Bertz CT molecular complexity index is 538. The van der Waals surface area contributed by atoms with Crippen LogP contribution in [0.4, 0.5) is 0 Å². The van der Waals surface area contributed by atoms with Gasteiger partial charge in [0.05, 0.1) is 4.90 Å². The monoisotopic (exact) mass is 272 g/mol. The molecule has 0 spiro atoms. The van der Waals surface area contributed by atoms with E-state index >= 15 is 0 Å². The van der Waals surface area contributed by atoms with Gasteiger partial charge in [0, 0.05) is 32.0 Å². The van der Waals surface area contributed by atoms with Crippen molar-refractivity contribution in [3.05, 3.63) is 28.7 Å². The van der Waals surface area contributed by atoms with Gasteiger partial charge < -0.3 is 10.1 Å².